The van der Waals surface area contributed by atoms with Crippen molar-refractivity contribution in [2.75, 3.05) is 44.2 Å². The number of fused-ring (bicyclic) bond motifs is 1. The zero-order chi connectivity index (χ0) is 25.9. The topological polar surface area (TPSA) is 73.8 Å². The van der Waals surface area contributed by atoms with Gasteiger partial charge in [-0.05, 0) is 81.2 Å². The van der Waals surface area contributed by atoms with Gasteiger partial charge in [0.2, 0.25) is 10.0 Å². The molecule has 2 aromatic carbocycles. The molecule has 1 aliphatic heterocycles. The van der Waals surface area contributed by atoms with E-state index in [4.69, 9.17) is 4.98 Å². The Balaban J connectivity index is 0.00000380. The van der Waals surface area contributed by atoms with E-state index < -0.39 is 10.0 Å². The first-order valence-corrected chi connectivity index (χ1v) is 15.0. The quantitative estimate of drug-likeness (QED) is 0.343. The molecular weight excluding hydrogens is 528 g/mol. The van der Waals surface area contributed by atoms with Crippen LogP contribution in [-0.2, 0) is 10.0 Å². The van der Waals surface area contributed by atoms with E-state index in [9.17, 15) is 13.2 Å². The van der Waals surface area contributed by atoms with Gasteiger partial charge in [0.05, 0.1) is 15.1 Å². The number of benzene rings is 2. The number of aromatic nitrogens is 1. The average molecular weight is 565 g/mol. The van der Waals surface area contributed by atoms with Crippen LogP contribution in [0.3, 0.4) is 0 Å². The van der Waals surface area contributed by atoms with E-state index in [2.05, 4.69) is 37.8 Å². The summed E-state index contributed by atoms with van der Waals surface area (Å²) in [4.78, 5) is 22.8. The van der Waals surface area contributed by atoms with Crippen LogP contribution in [0.2, 0.25) is 0 Å². The summed E-state index contributed by atoms with van der Waals surface area (Å²) in [5, 5.41) is 0.667. The molecule has 0 bridgehead atoms. The molecular formula is C27H37ClN4O3S2. The third-order valence-corrected chi connectivity index (χ3v) is 10.0. The van der Waals surface area contributed by atoms with Crippen LogP contribution in [0.1, 0.15) is 54.6 Å². The molecule has 1 fully saturated rings. The Morgan fingerprint density at radius 1 is 1.00 bits per heavy atom. The first-order valence-electron chi connectivity index (χ1n) is 12.8. The van der Waals surface area contributed by atoms with Crippen LogP contribution < -0.4 is 4.90 Å². The van der Waals surface area contributed by atoms with Crippen LogP contribution in [0.5, 0.6) is 0 Å². The van der Waals surface area contributed by atoms with Gasteiger partial charge in [-0.15, -0.1) is 12.4 Å². The van der Waals surface area contributed by atoms with Gasteiger partial charge in [0.1, 0.15) is 0 Å². The minimum absolute atomic E-state index is 0. The number of nitrogens with zero attached hydrogens (tertiary/aromatic N) is 4. The summed E-state index contributed by atoms with van der Waals surface area (Å²) >= 11 is 1.53. The molecule has 10 heteroatoms. The van der Waals surface area contributed by atoms with E-state index in [-0.39, 0.29) is 23.2 Å². The molecule has 0 atom stereocenters. The van der Waals surface area contributed by atoms with Crippen molar-refractivity contribution in [2.45, 2.75) is 51.9 Å². The predicted molar refractivity (Wildman–Crippen MR) is 155 cm³/mol. The molecule has 202 valence electrons. The Morgan fingerprint density at radius 2 is 1.65 bits per heavy atom. The summed E-state index contributed by atoms with van der Waals surface area (Å²) in [6.45, 7) is 12.5. The summed E-state index contributed by atoms with van der Waals surface area (Å²) in [6, 6.07) is 10.6. The van der Waals surface area contributed by atoms with E-state index in [1.807, 2.05) is 6.92 Å². The lowest BCUT2D eigenvalue weighted by molar-refractivity contribution is 0.0983. The van der Waals surface area contributed by atoms with Gasteiger partial charge in [-0.1, -0.05) is 37.7 Å². The molecule has 0 saturated carbocycles. The fourth-order valence-electron chi connectivity index (χ4n) is 4.73. The lowest BCUT2D eigenvalue weighted by atomic mass is 10.1. The Labute approximate surface area is 230 Å². The number of carbonyl (C=O) groups excluding carboxylic acids is 1. The average Bonchev–Trinajstić information content (AvgIpc) is 3.31. The van der Waals surface area contributed by atoms with Crippen LogP contribution in [0.15, 0.2) is 41.3 Å². The van der Waals surface area contributed by atoms with Gasteiger partial charge in [0.25, 0.3) is 5.91 Å². The fraction of sp³-hybridized carbons (Fsp3) is 0.481. The monoisotopic (exact) mass is 564 g/mol. The highest BCUT2D eigenvalue weighted by Gasteiger charge is 2.27. The van der Waals surface area contributed by atoms with Crippen LogP contribution in [0, 0.1) is 13.8 Å². The molecule has 0 N–H and O–H groups in total. The van der Waals surface area contributed by atoms with Crippen molar-refractivity contribution >= 4 is 55.0 Å². The van der Waals surface area contributed by atoms with E-state index in [0.29, 0.717) is 30.3 Å². The second-order valence-electron chi connectivity index (χ2n) is 9.40. The molecule has 0 unspecified atom stereocenters. The predicted octanol–water partition coefficient (Wildman–Crippen LogP) is 5.50. The number of anilines is 1. The number of rotatable bonds is 9. The Bertz CT molecular complexity index is 1320. The second kappa shape index (κ2) is 12.7. The number of halogens is 1. The van der Waals surface area contributed by atoms with E-state index in [1.54, 1.807) is 33.5 Å². The minimum Gasteiger partial charge on any atom is -0.302 e. The molecule has 0 aliphatic carbocycles. The molecule has 0 radical (unpaired) electrons. The molecule has 4 rings (SSSR count). The molecule has 1 saturated heterocycles. The fourth-order valence-corrected chi connectivity index (χ4v) is 7.28. The number of sulfonamides is 1. The van der Waals surface area contributed by atoms with Gasteiger partial charge in [0.15, 0.2) is 5.13 Å². The van der Waals surface area contributed by atoms with Crippen molar-refractivity contribution in [2.24, 2.45) is 0 Å². The highest BCUT2D eigenvalue weighted by atomic mass is 35.5. The highest BCUT2D eigenvalue weighted by Crippen LogP contribution is 2.33. The van der Waals surface area contributed by atoms with Crippen LogP contribution in [-0.4, -0.2) is 67.8 Å². The third-order valence-electron chi connectivity index (χ3n) is 6.87. The zero-order valence-corrected chi connectivity index (χ0v) is 24.5. The number of carbonyl (C=O) groups is 1. The Morgan fingerprint density at radius 3 is 2.27 bits per heavy atom. The van der Waals surface area contributed by atoms with E-state index in [0.717, 1.165) is 60.2 Å². The third kappa shape index (κ3) is 6.52. The van der Waals surface area contributed by atoms with Gasteiger partial charge in [0, 0.05) is 31.7 Å². The first kappa shape index (κ1) is 29.5. The molecule has 0 spiro atoms. The number of likely N-dealkylation sites (N-methyl/N-ethyl adjacent to an activating group) is 1. The molecule has 7 nitrogen and oxygen atoms in total. The summed E-state index contributed by atoms with van der Waals surface area (Å²) in [5.41, 5.74) is 3.65. The zero-order valence-electron chi connectivity index (χ0n) is 22.1. The molecule has 2 heterocycles. The summed E-state index contributed by atoms with van der Waals surface area (Å²) in [6.07, 6.45) is 2.84. The van der Waals surface area contributed by atoms with Crippen molar-refractivity contribution in [3.05, 3.63) is 53.1 Å². The molecule has 3 aromatic rings. The van der Waals surface area contributed by atoms with Crippen LogP contribution in [0.4, 0.5) is 5.13 Å². The van der Waals surface area contributed by atoms with Gasteiger partial charge in [-0.25, -0.2) is 13.4 Å². The van der Waals surface area contributed by atoms with Crippen molar-refractivity contribution in [3.8, 4) is 0 Å². The van der Waals surface area contributed by atoms with Crippen LogP contribution >= 0.6 is 23.7 Å². The number of amides is 1. The largest absolute Gasteiger partial charge is 0.302 e. The lowest BCUT2D eigenvalue weighted by Crippen LogP contribution is -2.39. The van der Waals surface area contributed by atoms with Gasteiger partial charge < -0.3 is 4.90 Å². The van der Waals surface area contributed by atoms with E-state index >= 15 is 0 Å². The maximum absolute atomic E-state index is 13.7. The van der Waals surface area contributed by atoms with Crippen molar-refractivity contribution in [1.82, 2.24) is 14.2 Å². The number of hydrogen-bond donors (Lipinski definition) is 0. The maximum Gasteiger partial charge on any atom is 0.260 e. The Hall–Kier alpha value is -2.04. The standard InChI is InChI=1S/C27H36N4O3S2.ClH/c1-5-29(6-2)16-17-31(27-28-24-19-20(3)18-21(4)25(24)35-27)26(32)22-10-12-23(13-11-22)36(33,34)30-14-8-7-9-15-30;/h10-13,18-19H,5-9,14-17H2,1-4H3;1H. The van der Waals surface area contributed by atoms with Gasteiger partial charge in [-0.3, -0.25) is 9.69 Å². The lowest BCUT2D eigenvalue weighted by Gasteiger charge is -2.26. The van der Waals surface area contributed by atoms with E-state index in [1.165, 1.54) is 11.3 Å². The van der Waals surface area contributed by atoms with Crippen molar-refractivity contribution in [1.29, 1.82) is 0 Å². The normalized spacial score (nSPS) is 14.6. The molecule has 37 heavy (non-hydrogen) atoms. The maximum atomic E-state index is 13.7. The minimum atomic E-state index is -3.54. The molecule has 1 amide bonds. The Kier molecular flexibility index (Phi) is 10.1. The first-order chi connectivity index (χ1) is 17.2. The smallest absolute Gasteiger partial charge is 0.260 e. The van der Waals surface area contributed by atoms with Crippen LogP contribution in [0.25, 0.3) is 10.2 Å². The number of thiazole rings is 1. The van der Waals surface area contributed by atoms with Gasteiger partial charge >= 0.3 is 0 Å². The number of piperidine rings is 1. The molecule has 1 aliphatic rings. The van der Waals surface area contributed by atoms with Crippen molar-refractivity contribution < 1.29 is 13.2 Å². The highest BCUT2D eigenvalue weighted by molar-refractivity contribution is 7.89. The second-order valence-corrected chi connectivity index (χ2v) is 12.3. The summed E-state index contributed by atoms with van der Waals surface area (Å²) in [5.74, 6) is -0.169. The van der Waals surface area contributed by atoms with Crippen molar-refractivity contribution in [3.63, 3.8) is 0 Å². The van der Waals surface area contributed by atoms with Gasteiger partial charge in [-0.2, -0.15) is 4.31 Å². The molecule has 1 aromatic heterocycles. The SMILES string of the molecule is CCN(CC)CCN(C(=O)c1ccc(S(=O)(=O)N2CCCCC2)cc1)c1nc2cc(C)cc(C)c2s1.Cl. The number of aryl methyl sites for hydroxylation is 2. The number of hydrogen-bond acceptors (Lipinski definition) is 6. The summed E-state index contributed by atoms with van der Waals surface area (Å²) < 4.78 is 28.7. The summed E-state index contributed by atoms with van der Waals surface area (Å²) in [7, 11) is -3.54.